The Morgan fingerprint density at radius 2 is 2.15 bits per heavy atom. The average molecular weight is 350 g/mol. The molecule has 1 atom stereocenters. The topological polar surface area (TPSA) is 76.4 Å². The summed E-state index contributed by atoms with van der Waals surface area (Å²) < 4.78 is 7.88. The van der Waals surface area contributed by atoms with E-state index in [-0.39, 0.29) is 0 Å². The summed E-state index contributed by atoms with van der Waals surface area (Å²) in [7, 11) is 0. The predicted octanol–water partition coefficient (Wildman–Crippen LogP) is 2.50. The number of rotatable bonds is 5. The van der Waals surface area contributed by atoms with Gasteiger partial charge in [-0.05, 0) is 38.3 Å². The molecule has 1 aliphatic carbocycles. The number of nitrogens with zero attached hydrogens (tertiary/aromatic N) is 4. The fraction of sp³-hybridized carbons (Fsp3) is 0.421. The summed E-state index contributed by atoms with van der Waals surface area (Å²) in [4.78, 5) is 13.6. The highest BCUT2D eigenvalue weighted by molar-refractivity contribution is 5.61. The number of nitrogens with one attached hydrogen (secondary N) is 2. The Bertz CT molecular complexity index is 913. The molecule has 7 heteroatoms. The molecule has 0 aromatic carbocycles. The van der Waals surface area contributed by atoms with Crippen molar-refractivity contribution in [2.75, 3.05) is 18.4 Å². The lowest BCUT2D eigenvalue weighted by Crippen LogP contribution is -2.38. The zero-order valence-corrected chi connectivity index (χ0v) is 14.6. The van der Waals surface area contributed by atoms with Gasteiger partial charge in [0.25, 0.3) is 0 Å². The number of hydrogen-bond donors (Lipinski definition) is 2. The third-order valence-electron chi connectivity index (χ3n) is 4.86. The molecule has 26 heavy (non-hydrogen) atoms. The number of pyridine rings is 1. The molecule has 0 radical (unpaired) electrons. The Balaban J connectivity index is 1.40. The highest BCUT2D eigenvalue weighted by Gasteiger charge is 2.23. The molecule has 0 spiro atoms. The first-order chi connectivity index (χ1) is 12.8. The number of piperidine rings is 1. The standard InChI is InChI=1S/C19H22N6O/c1-2-13(9-20-6-1)23-18-12-21-10-16(24-18)17-11-22-19-8-15(5-7-25(17)19)26-14-3-4-14/h5,7-8,10-14,20H,1-4,6,9H2,(H,23,24). The highest BCUT2D eigenvalue weighted by Crippen LogP contribution is 2.28. The summed E-state index contributed by atoms with van der Waals surface area (Å²) in [5.41, 5.74) is 2.59. The van der Waals surface area contributed by atoms with E-state index in [1.807, 2.05) is 28.9 Å². The van der Waals surface area contributed by atoms with Crippen molar-refractivity contribution >= 4 is 11.5 Å². The molecule has 134 valence electrons. The van der Waals surface area contributed by atoms with Gasteiger partial charge in [-0.1, -0.05) is 0 Å². The molecular formula is C19H22N6O. The first kappa shape index (κ1) is 15.6. The smallest absolute Gasteiger partial charge is 0.145 e. The molecule has 1 saturated heterocycles. The Hall–Kier alpha value is -2.67. The summed E-state index contributed by atoms with van der Waals surface area (Å²) in [6, 6.07) is 4.36. The van der Waals surface area contributed by atoms with Crippen LogP contribution in [-0.2, 0) is 0 Å². The van der Waals surface area contributed by atoms with Gasteiger partial charge < -0.3 is 15.4 Å². The molecule has 1 saturated carbocycles. The number of aromatic nitrogens is 4. The second-order valence-corrected chi connectivity index (χ2v) is 7.03. The van der Waals surface area contributed by atoms with Crippen molar-refractivity contribution in [1.82, 2.24) is 24.7 Å². The zero-order valence-electron chi connectivity index (χ0n) is 14.6. The molecule has 4 heterocycles. The van der Waals surface area contributed by atoms with Gasteiger partial charge in [-0.25, -0.2) is 9.97 Å². The number of anilines is 1. The third-order valence-corrected chi connectivity index (χ3v) is 4.86. The maximum atomic E-state index is 5.85. The fourth-order valence-corrected chi connectivity index (χ4v) is 3.35. The van der Waals surface area contributed by atoms with Crippen LogP contribution in [0.5, 0.6) is 5.75 Å². The van der Waals surface area contributed by atoms with Crippen molar-refractivity contribution in [2.45, 2.75) is 37.8 Å². The van der Waals surface area contributed by atoms with Crippen LogP contribution in [0.3, 0.4) is 0 Å². The molecule has 1 unspecified atom stereocenters. The average Bonchev–Trinajstić information content (AvgIpc) is 3.39. The van der Waals surface area contributed by atoms with Gasteiger partial charge in [0.2, 0.25) is 0 Å². The van der Waals surface area contributed by atoms with Gasteiger partial charge in [-0.15, -0.1) is 0 Å². The van der Waals surface area contributed by atoms with Crippen LogP contribution < -0.4 is 15.4 Å². The first-order valence-corrected chi connectivity index (χ1v) is 9.28. The van der Waals surface area contributed by atoms with E-state index in [1.54, 1.807) is 12.4 Å². The summed E-state index contributed by atoms with van der Waals surface area (Å²) >= 11 is 0. The lowest BCUT2D eigenvalue weighted by Gasteiger charge is -2.24. The van der Waals surface area contributed by atoms with Gasteiger partial charge in [-0.2, -0.15) is 0 Å². The summed E-state index contributed by atoms with van der Waals surface area (Å²) in [6.07, 6.45) is 12.4. The van der Waals surface area contributed by atoms with E-state index in [2.05, 4.69) is 20.6 Å². The lowest BCUT2D eigenvalue weighted by atomic mass is 10.1. The highest BCUT2D eigenvalue weighted by atomic mass is 16.5. The fourth-order valence-electron chi connectivity index (χ4n) is 3.35. The van der Waals surface area contributed by atoms with Gasteiger partial charge in [0.1, 0.15) is 22.9 Å². The van der Waals surface area contributed by atoms with Gasteiger partial charge >= 0.3 is 0 Å². The van der Waals surface area contributed by atoms with Crippen LogP contribution in [0.1, 0.15) is 25.7 Å². The Morgan fingerprint density at radius 1 is 1.19 bits per heavy atom. The quantitative estimate of drug-likeness (QED) is 0.736. The number of hydrogen-bond acceptors (Lipinski definition) is 6. The minimum atomic E-state index is 0.384. The second kappa shape index (κ2) is 6.57. The first-order valence-electron chi connectivity index (χ1n) is 9.28. The van der Waals surface area contributed by atoms with Gasteiger partial charge in [0.15, 0.2) is 0 Å². The summed E-state index contributed by atoms with van der Waals surface area (Å²) in [6.45, 7) is 2.06. The lowest BCUT2D eigenvalue weighted by molar-refractivity contribution is 0.303. The third kappa shape index (κ3) is 3.22. The van der Waals surface area contributed by atoms with E-state index in [1.165, 1.54) is 6.42 Å². The van der Waals surface area contributed by atoms with E-state index < -0.39 is 0 Å². The molecule has 3 aromatic heterocycles. The zero-order chi connectivity index (χ0) is 17.3. The van der Waals surface area contributed by atoms with Crippen LogP contribution in [0, 0.1) is 0 Å². The maximum Gasteiger partial charge on any atom is 0.145 e. The van der Waals surface area contributed by atoms with E-state index in [0.29, 0.717) is 12.1 Å². The predicted molar refractivity (Wildman–Crippen MR) is 99.4 cm³/mol. The number of imidazole rings is 1. The summed E-state index contributed by atoms with van der Waals surface area (Å²) in [5, 5.41) is 6.89. The Labute approximate surface area is 151 Å². The normalized spacial score (nSPS) is 20.2. The maximum absolute atomic E-state index is 5.85. The van der Waals surface area contributed by atoms with Crippen LogP contribution in [-0.4, -0.2) is 44.6 Å². The SMILES string of the molecule is c1cn2c(-c3cncc(NC4CCCNC4)n3)cnc2cc1OC1CC1. The molecule has 7 nitrogen and oxygen atoms in total. The molecule has 1 aliphatic heterocycles. The summed E-state index contributed by atoms with van der Waals surface area (Å²) in [5.74, 6) is 1.68. The molecule has 0 bridgehead atoms. The molecular weight excluding hydrogens is 328 g/mol. The van der Waals surface area contributed by atoms with Crippen LogP contribution in [0.2, 0.25) is 0 Å². The Kier molecular flexibility index (Phi) is 3.93. The minimum Gasteiger partial charge on any atom is -0.490 e. The van der Waals surface area contributed by atoms with Crippen LogP contribution in [0.25, 0.3) is 17.0 Å². The molecule has 2 aliphatic rings. The molecule has 2 N–H and O–H groups in total. The van der Waals surface area contributed by atoms with Crippen molar-refractivity contribution in [2.24, 2.45) is 0 Å². The molecule has 3 aromatic rings. The van der Waals surface area contributed by atoms with Crippen molar-refractivity contribution in [3.05, 3.63) is 36.9 Å². The monoisotopic (exact) mass is 350 g/mol. The second-order valence-electron chi connectivity index (χ2n) is 7.03. The van der Waals surface area contributed by atoms with Crippen molar-refractivity contribution in [1.29, 1.82) is 0 Å². The number of ether oxygens (including phenoxy) is 1. The van der Waals surface area contributed by atoms with Crippen LogP contribution >= 0.6 is 0 Å². The molecule has 0 amide bonds. The van der Waals surface area contributed by atoms with Gasteiger partial charge in [-0.3, -0.25) is 9.38 Å². The molecule has 5 rings (SSSR count). The van der Waals surface area contributed by atoms with E-state index in [4.69, 9.17) is 9.72 Å². The van der Waals surface area contributed by atoms with E-state index in [9.17, 15) is 0 Å². The van der Waals surface area contributed by atoms with Crippen molar-refractivity contribution in [3.63, 3.8) is 0 Å². The van der Waals surface area contributed by atoms with E-state index in [0.717, 1.165) is 61.0 Å². The Morgan fingerprint density at radius 3 is 3.00 bits per heavy atom. The number of fused-ring (bicyclic) bond motifs is 1. The minimum absolute atomic E-state index is 0.384. The van der Waals surface area contributed by atoms with Crippen LogP contribution in [0.4, 0.5) is 5.82 Å². The largest absolute Gasteiger partial charge is 0.490 e. The van der Waals surface area contributed by atoms with Crippen molar-refractivity contribution < 1.29 is 4.74 Å². The van der Waals surface area contributed by atoms with Gasteiger partial charge in [0, 0.05) is 24.8 Å². The van der Waals surface area contributed by atoms with E-state index >= 15 is 0 Å². The van der Waals surface area contributed by atoms with Gasteiger partial charge in [0.05, 0.1) is 30.4 Å². The van der Waals surface area contributed by atoms with Crippen LogP contribution in [0.15, 0.2) is 36.9 Å². The van der Waals surface area contributed by atoms with Crippen molar-refractivity contribution in [3.8, 4) is 17.1 Å². The molecule has 2 fully saturated rings.